The number of hydrogen-bond acceptors (Lipinski definition) is 0. The highest BCUT2D eigenvalue weighted by Crippen LogP contribution is 2.25. The first-order chi connectivity index (χ1) is 5.47. The summed E-state index contributed by atoms with van der Waals surface area (Å²) in [5.41, 5.74) is 0. The van der Waals surface area contributed by atoms with E-state index in [9.17, 15) is 0 Å². The van der Waals surface area contributed by atoms with Crippen LogP contribution in [0.2, 0.25) is 0 Å². The van der Waals surface area contributed by atoms with Crippen LogP contribution in [0.3, 0.4) is 0 Å². The van der Waals surface area contributed by atoms with Gasteiger partial charge in [0.05, 0.1) is 0 Å². The zero-order chi connectivity index (χ0) is 7.52. The fraction of sp³-hybridized carbons (Fsp3) is 0. The largest absolute Gasteiger partial charge is 0.0886 e. The lowest BCUT2D eigenvalue weighted by molar-refractivity contribution is 2.06. The van der Waals surface area contributed by atoms with Crippen molar-refractivity contribution in [3.05, 3.63) is 36.2 Å². The third kappa shape index (κ3) is 1.53. The van der Waals surface area contributed by atoms with Gasteiger partial charge in [0.25, 0.3) is 0 Å². The minimum Gasteiger partial charge on any atom is -0.0886 e. The molecule has 2 heteroatoms. The molecular weight excluding hydrogens is 170 g/mol. The summed E-state index contributed by atoms with van der Waals surface area (Å²) < 4.78 is 0. The van der Waals surface area contributed by atoms with Crippen LogP contribution in [0.4, 0.5) is 0 Å². The van der Waals surface area contributed by atoms with Crippen LogP contribution in [-0.4, -0.2) is 16.6 Å². The van der Waals surface area contributed by atoms with Crippen molar-refractivity contribution < 1.29 is 0 Å². The first-order valence-electron chi connectivity index (χ1n) is 3.51. The summed E-state index contributed by atoms with van der Waals surface area (Å²) in [4.78, 5) is 0. The zero-order valence-electron chi connectivity index (χ0n) is 6.01. The second-order valence-electron chi connectivity index (χ2n) is 2.28. The maximum atomic E-state index is 2.29. The Bertz CT molecular complexity index is 345. The van der Waals surface area contributed by atoms with Gasteiger partial charge in [-0.1, -0.05) is 39.7 Å². The highest BCUT2D eigenvalue weighted by Gasteiger charge is 1.93. The summed E-state index contributed by atoms with van der Waals surface area (Å²) in [5.74, 6) is 6.78. The number of rotatable bonds is 0. The monoisotopic (exact) mass is 178 g/mol. The first-order valence-corrected chi connectivity index (χ1v) is 5.95. The molecule has 0 aliphatic carbocycles. The minimum atomic E-state index is -0.0790. The summed E-state index contributed by atoms with van der Waals surface area (Å²) in [6.07, 6.45) is 10.7. The molecule has 2 rings (SSSR count). The number of allylic oxidation sites excluding steroid dienone is 5. The third-order valence-electron chi connectivity index (χ3n) is 1.52. The van der Waals surface area contributed by atoms with E-state index >= 15 is 0 Å². The molecule has 1 unspecified atom stereocenters. The molecule has 2 heterocycles. The van der Waals surface area contributed by atoms with Gasteiger partial charge in [0, 0.05) is 5.03 Å². The highest BCUT2D eigenvalue weighted by atomic mass is 31.1. The molecule has 11 heavy (non-hydrogen) atoms. The van der Waals surface area contributed by atoms with E-state index in [-0.39, 0.29) is 7.17 Å². The Balaban J connectivity index is 2.56. The van der Waals surface area contributed by atoms with Gasteiger partial charge >= 0.3 is 0 Å². The van der Waals surface area contributed by atoms with Crippen LogP contribution in [-0.2, 0) is 0 Å². The van der Waals surface area contributed by atoms with E-state index in [1.807, 2.05) is 0 Å². The maximum Gasteiger partial charge on any atom is 0.0250 e. The fourth-order valence-electron chi connectivity index (χ4n) is 0.996. The molecule has 0 aromatic carbocycles. The summed E-state index contributed by atoms with van der Waals surface area (Å²) in [5, 5.41) is 1.54. The van der Waals surface area contributed by atoms with Crippen LogP contribution >= 0.6 is 15.4 Å². The maximum absolute atomic E-state index is 2.29. The van der Waals surface area contributed by atoms with Crippen LogP contribution < -0.4 is 0 Å². The van der Waals surface area contributed by atoms with E-state index in [2.05, 4.69) is 47.8 Å². The lowest BCUT2D eigenvalue weighted by Crippen LogP contribution is -1.73. The normalized spacial score (nSPS) is 27.6. The molecule has 0 N–H and O–H groups in total. The van der Waals surface area contributed by atoms with Crippen molar-refractivity contribution in [2.75, 3.05) is 0 Å². The van der Waals surface area contributed by atoms with E-state index in [0.29, 0.717) is 0 Å². The molecule has 2 aliphatic rings. The molecule has 0 radical (unpaired) electrons. The quantitative estimate of drug-likeness (QED) is 0.500. The van der Waals surface area contributed by atoms with Crippen LogP contribution in [0.15, 0.2) is 36.2 Å². The lowest BCUT2D eigenvalue weighted by atomic mass is 10.5. The molecule has 1 atom stereocenters. The van der Waals surface area contributed by atoms with E-state index < -0.39 is 0 Å². The Morgan fingerprint density at radius 1 is 1.09 bits per heavy atom. The average Bonchev–Trinajstić information content (AvgIpc) is 2.58. The van der Waals surface area contributed by atoms with Crippen molar-refractivity contribution in [2.45, 2.75) is 0 Å². The molecule has 0 amide bonds. The minimum absolute atomic E-state index is 0.0790. The van der Waals surface area contributed by atoms with Crippen molar-refractivity contribution in [1.82, 2.24) is 0 Å². The number of hydrogen-bond donors (Lipinski definition) is 0. The van der Waals surface area contributed by atoms with Gasteiger partial charge in [-0.15, -0.1) is 0 Å². The van der Waals surface area contributed by atoms with E-state index in [0.717, 1.165) is 0 Å². The Kier molecular flexibility index (Phi) is 2.08. The van der Waals surface area contributed by atoms with Gasteiger partial charge < -0.3 is 0 Å². The molecule has 0 aromatic rings. The van der Waals surface area contributed by atoms with E-state index in [1.165, 1.54) is 8.20 Å². The predicted octanol–water partition coefficient (Wildman–Crippen LogP) is 2.80. The standard InChI is InChI=1S/C9H8P2/c1-2-7-11(8-3-1)9-5-4-6-10-9/h1-8H. The summed E-state index contributed by atoms with van der Waals surface area (Å²) in [7, 11) is 1.30. The van der Waals surface area contributed by atoms with Crippen LogP contribution in [0, 0.1) is 0 Å². The Morgan fingerprint density at radius 2 is 2.09 bits per heavy atom. The second kappa shape index (κ2) is 3.22. The van der Waals surface area contributed by atoms with Crippen molar-refractivity contribution in [3.8, 4) is 0 Å². The highest BCUT2D eigenvalue weighted by molar-refractivity contribution is 7.81. The molecule has 0 saturated carbocycles. The summed E-state index contributed by atoms with van der Waals surface area (Å²) >= 11 is 0. The van der Waals surface area contributed by atoms with Crippen LogP contribution in [0.1, 0.15) is 0 Å². The second-order valence-corrected chi connectivity index (χ2v) is 5.56. The Hall–Kier alpha value is -0.570. The topological polar surface area (TPSA) is 0 Å². The fourth-order valence-corrected chi connectivity index (χ4v) is 3.86. The molecule has 2 aliphatic heterocycles. The van der Waals surface area contributed by atoms with Gasteiger partial charge in [-0.3, -0.25) is 0 Å². The van der Waals surface area contributed by atoms with E-state index in [1.54, 1.807) is 5.03 Å². The lowest BCUT2D eigenvalue weighted by Gasteiger charge is -1.93. The smallest absolute Gasteiger partial charge is 0.0250 e. The summed E-state index contributed by atoms with van der Waals surface area (Å²) in [6, 6.07) is 0. The molecule has 0 nitrogen and oxygen atoms in total. The molecule has 0 bridgehead atoms. The Labute approximate surface area is 68.8 Å². The van der Waals surface area contributed by atoms with Crippen molar-refractivity contribution in [3.63, 3.8) is 0 Å². The molecule has 54 valence electrons. The van der Waals surface area contributed by atoms with Gasteiger partial charge in [0.1, 0.15) is 0 Å². The van der Waals surface area contributed by atoms with Crippen molar-refractivity contribution >= 4 is 32.0 Å². The van der Waals surface area contributed by atoms with Gasteiger partial charge in [-0.2, -0.15) is 0 Å². The van der Waals surface area contributed by atoms with Gasteiger partial charge in [-0.25, -0.2) is 0 Å². The molecular formula is C9H8P2. The average molecular weight is 178 g/mol. The third-order valence-corrected chi connectivity index (χ3v) is 4.96. The van der Waals surface area contributed by atoms with E-state index in [4.69, 9.17) is 0 Å². The van der Waals surface area contributed by atoms with Crippen LogP contribution in [0.5, 0.6) is 0 Å². The van der Waals surface area contributed by atoms with Crippen LogP contribution in [0.25, 0.3) is 0 Å². The van der Waals surface area contributed by atoms with Gasteiger partial charge in [-0.05, 0) is 23.5 Å². The van der Waals surface area contributed by atoms with Gasteiger partial charge in [0.2, 0.25) is 0 Å². The molecule has 0 spiro atoms. The van der Waals surface area contributed by atoms with Crippen molar-refractivity contribution in [2.24, 2.45) is 0 Å². The van der Waals surface area contributed by atoms with Crippen molar-refractivity contribution in [1.29, 1.82) is 0 Å². The molecule has 0 saturated heterocycles. The molecule has 0 aromatic heterocycles. The Morgan fingerprint density at radius 3 is 2.73 bits per heavy atom. The molecule has 0 fully saturated rings. The summed E-state index contributed by atoms with van der Waals surface area (Å²) in [6.45, 7) is 0. The van der Waals surface area contributed by atoms with Gasteiger partial charge in [0.15, 0.2) is 0 Å². The first kappa shape index (κ1) is 7.10. The zero-order valence-corrected chi connectivity index (χ0v) is 7.80. The SMILES string of the molecule is C1=CC=P(=C2C=CC=P2)C=C1. The predicted molar refractivity (Wildman–Crippen MR) is 58.4 cm³/mol.